The van der Waals surface area contributed by atoms with E-state index in [0.29, 0.717) is 0 Å². The van der Waals surface area contributed by atoms with Crippen molar-refractivity contribution < 1.29 is 4.79 Å². The van der Waals surface area contributed by atoms with Crippen LogP contribution in [0.1, 0.15) is 31.9 Å². The molecule has 3 heteroatoms. The summed E-state index contributed by atoms with van der Waals surface area (Å²) in [5.41, 5.74) is 6.65. The number of carbonyl (C=O) groups excluding carboxylic acids is 1. The zero-order valence-corrected chi connectivity index (χ0v) is 14.8. The Morgan fingerprint density at radius 3 is 1.91 bits per heavy atom. The van der Waals surface area contributed by atoms with Gasteiger partial charge in [0.1, 0.15) is 0 Å². The summed E-state index contributed by atoms with van der Waals surface area (Å²) in [6, 6.07) is 8.67. The second kappa shape index (κ2) is 5.98. The van der Waals surface area contributed by atoms with Crippen molar-refractivity contribution in [3.8, 4) is 0 Å². The molecule has 0 N–H and O–H groups in total. The molecule has 1 heterocycles. The maximum Gasteiger partial charge on any atom is 0.184 e. The fraction of sp³-hybridized carbons (Fsp3) is 0.211. The van der Waals surface area contributed by atoms with Crippen LogP contribution in [0, 0.1) is 6.92 Å². The molecule has 0 aromatic heterocycles. The smallest absolute Gasteiger partial charge is 0.184 e. The van der Waals surface area contributed by atoms with Gasteiger partial charge in [0, 0.05) is 9.81 Å². The summed E-state index contributed by atoms with van der Waals surface area (Å²) < 4.78 is 0. The fourth-order valence-electron chi connectivity index (χ4n) is 2.63. The van der Waals surface area contributed by atoms with Gasteiger partial charge in [-0.2, -0.15) is 0 Å². The third-order valence-corrected chi connectivity index (χ3v) is 6.68. The molecule has 0 spiro atoms. The topological polar surface area (TPSA) is 17.1 Å². The summed E-state index contributed by atoms with van der Waals surface area (Å²) >= 11 is 0. The first-order chi connectivity index (χ1) is 10.5. The van der Waals surface area contributed by atoms with Gasteiger partial charge in [-0.1, -0.05) is 51.4 Å². The van der Waals surface area contributed by atoms with E-state index in [-0.39, 0.29) is 5.78 Å². The van der Waals surface area contributed by atoms with Crippen LogP contribution in [0.15, 0.2) is 63.6 Å². The predicted molar refractivity (Wildman–Crippen MR) is 98.5 cm³/mol. The van der Waals surface area contributed by atoms with Gasteiger partial charge in [0.25, 0.3) is 0 Å². The lowest BCUT2D eigenvalue weighted by Crippen LogP contribution is -2.06. The Bertz CT molecular complexity index is 750. The summed E-state index contributed by atoms with van der Waals surface area (Å²) in [7, 11) is 3.60. The number of carbonyl (C=O) groups is 1. The maximum atomic E-state index is 11.9. The highest BCUT2D eigenvalue weighted by molar-refractivity contribution is 8.82. The molecule has 0 atom stereocenters. The van der Waals surface area contributed by atoms with E-state index < -0.39 is 0 Å². The highest BCUT2D eigenvalue weighted by atomic mass is 33.1. The van der Waals surface area contributed by atoms with Crippen LogP contribution >= 0.6 is 21.6 Å². The first kappa shape index (κ1) is 15.4. The van der Waals surface area contributed by atoms with Gasteiger partial charge in [-0.25, -0.2) is 0 Å². The fourth-order valence-corrected chi connectivity index (χ4v) is 5.59. The van der Waals surface area contributed by atoms with Crippen molar-refractivity contribution >= 4 is 32.3 Å². The first-order valence-corrected chi connectivity index (χ1v) is 9.40. The van der Waals surface area contributed by atoms with Crippen LogP contribution in [-0.4, -0.2) is 5.78 Å². The van der Waals surface area contributed by atoms with E-state index in [1.54, 1.807) is 10.8 Å². The minimum Gasteiger partial charge on any atom is -0.289 e. The number of allylic oxidation sites excluding steroid dienone is 6. The van der Waals surface area contributed by atoms with Crippen molar-refractivity contribution in [3.05, 3.63) is 74.7 Å². The lowest BCUT2D eigenvalue weighted by Gasteiger charge is -2.12. The molecule has 0 unspecified atom stereocenters. The van der Waals surface area contributed by atoms with Crippen molar-refractivity contribution in [2.75, 3.05) is 0 Å². The maximum absolute atomic E-state index is 11.9. The number of benzene rings is 1. The van der Waals surface area contributed by atoms with Crippen LogP contribution in [0.3, 0.4) is 0 Å². The normalized spacial score (nSPS) is 18.8. The molecule has 0 saturated carbocycles. The van der Waals surface area contributed by atoms with E-state index in [4.69, 9.17) is 0 Å². The Labute approximate surface area is 139 Å². The Hall–Kier alpha value is -1.45. The molecule has 22 heavy (non-hydrogen) atoms. The number of hydrogen-bond acceptors (Lipinski definition) is 3. The molecule has 0 amide bonds. The van der Waals surface area contributed by atoms with Gasteiger partial charge in [0.05, 0.1) is 0 Å². The van der Waals surface area contributed by atoms with Crippen molar-refractivity contribution in [2.24, 2.45) is 0 Å². The Balaban J connectivity index is 2.06. The van der Waals surface area contributed by atoms with E-state index in [1.807, 2.05) is 36.8 Å². The SMILES string of the molecule is CC1=CC(=C2SSC(c3ccc(C)cc3)=C2C)C=C(C)C1=O. The van der Waals surface area contributed by atoms with Crippen LogP contribution in [-0.2, 0) is 4.79 Å². The lowest BCUT2D eigenvalue weighted by atomic mass is 9.94. The standard InChI is InChI=1S/C19H18OS2/c1-11-5-7-15(8-6-11)18-14(4)19(22-21-18)16-9-12(2)17(20)13(3)10-16/h5-10H,1-4H3. The summed E-state index contributed by atoms with van der Waals surface area (Å²) in [6.07, 6.45) is 4.03. The summed E-state index contributed by atoms with van der Waals surface area (Å²) in [5, 5.41) is 0. The zero-order chi connectivity index (χ0) is 15.9. The van der Waals surface area contributed by atoms with Crippen LogP contribution in [0.2, 0.25) is 0 Å². The average Bonchev–Trinajstić information content (AvgIpc) is 2.87. The van der Waals surface area contributed by atoms with Crippen molar-refractivity contribution in [2.45, 2.75) is 27.7 Å². The van der Waals surface area contributed by atoms with Gasteiger partial charge in [0.15, 0.2) is 5.78 Å². The lowest BCUT2D eigenvalue weighted by molar-refractivity contribution is -0.112. The largest absolute Gasteiger partial charge is 0.289 e. The molecule has 1 aliphatic heterocycles. The molecule has 2 aliphatic rings. The molecule has 1 aliphatic carbocycles. The molecule has 1 aromatic carbocycles. The minimum atomic E-state index is 0.153. The van der Waals surface area contributed by atoms with E-state index in [9.17, 15) is 4.79 Å². The van der Waals surface area contributed by atoms with Crippen LogP contribution in [0.4, 0.5) is 0 Å². The third-order valence-electron chi connectivity index (χ3n) is 3.93. The van der Waals surface area contributed by atoms with Crippen LogP contribution in [0.5, 0.6) is 0 Å². The second-order valence-corrected chi connectivity index (χ2v) is 7.90. The van der Waals surface area contributed by atoms with Gasteiger partial charge in [-0.3, -0.25) is 4.79 Å². The molecule has 0 radical (unpaired) electrons. The first-order valence-electron chi connectivity index (χ1n) is 7.26. The summed E-state index contributed by atoms with van der Waals surface area (Å²) in [4.78, 5) is 14.5. The average molecular weight is 326 g/mol. The van der Waals surface area contributed by atoms with Gasteiger partial charge < -0.3 is 0 Å². The second-order valence-electron chi connectivity index (χ2n) is 5.76. The van der Waals surface area contributed by atoms with Crippen molar-refractivity contribution in [1.82, 2.24) is 0 Å². The van der Waals surface area contributed by atoms with E-state index in [2.05, 4.69) is 38.1 Å². The predicted octanol–water partition coefficient (Wildman–Crippen LogP) is 5.85. The molecule has 0 bridgehead atoms. The van der Waals surface area contributed by atoms with Gasteiger partial charge in [0.2, 0.25) is 0 Å². The third kappa shape index (κ3) is 2.75. The van der Waals surface area contributed by atoms with E-state index >= 15 is 0 Å². The Morgan fingerprint density at radius 2 is 1.32 bits per heavy atom. The molecule has 0 saturated heterocycles. The summed E-state index contributed by atoms with van der Waals surface area (Å²) in [6.45, 7) is 8.07. The zero-order valence-electron chi connectivity index (χ0n) is 13.2. The highest BCUT2D eigenvalue weighted by Crippen LogP contribution is 2.55. The Morgan fingerprint density at radius 1 is 0.773 bits per heavy atom. The number of aryl methyl sites for hydroxylation is 1. The molecule has 1 nitrogen and oxygen atoms in total. The molecular weight excluding hydrogens is 308 g/mol. The van der Waals surface area contributed by atoms with Gasteiger partial charge in [-0.05, 0) is 67.7 Å². The monoisotopic (exact) mass is 326 g/mol. The van der Waals surface area contributed by atoms with Crippen LogP contribution < -0.4 is 0 Å². The van der Waals surface area contributed by atoms with E-state index in [0.717, 1.165) is 16.7 Å². The number of hydrogen-bond donors (Lipinski definition) is 0. The van der Waals surface area contributed by atoms with Crippen molar-refractivity contribution in [3.63, 3.8) is 0 Å². The minimum absolute atomic E-state index is 0.153. The molecule has 0 fully saturated rings. The Kier molecular flexibility index (Phi) is 4.20. The quantitative estimate of drug-likeness (QED) is 0.603. The number of rotatable bonds is 1. The number of Topliss-reactive ketones (excluding diaryl/α,β-unsaturated/α-hetero) is 1. The molecule has 3 rings (SSSR count). The highest BCUT2D eigenvalue weighted by Gasteiger charge is 2.24. The molecule has 1 aromatic rings. The molecular formula is C19H18OS2. The van der Waals surface area contributed by atoms with Crippen molar-refractivity contribution in [1.29, 1.82) is 0 Å². The molecule has 112 valence electrons. The summed E-state index contributed by atoms with van der Waals surface area (Å²) in [5.74, 6) is 0.153. The van der Waals surface area contributed by atoms with Gasteiger partial charge in [-0.15, -0.1) is 0 Å². The van der Waals surface area contributed by atoms with Crippen LogP contribution in [0.25, 0.3) is 4.91 Å². The number of ketones is 1. The van der Waals surface area contributed by atoms with Gasteiger partial charge >= 0.3 is 0 Å². The van der Waals surface area contributed by atoms with E-state index in [1.165, 1.54) is 26.5 Å².